The van der Waals surface area contributed by atoms with E-state index in [0.29, 0.717) is 11.3 Å². The summed E-state index contributed by atoms with van der Waals surface area (Å²) >= 11 is 0. The van der Waals surface area contributed by atoms with Crippen LogP contribution in [0.3, 0.4) is 0 Å². The Morgan fingerprint density at radius 3 is 2.42 bits per heavy atom. The minimum Gasteiger partial charge on any atom is -0.339 e. The Morgan fingerprint density at radius 2 is 1.79 bits per heavy atom. The van der Waals surface area contributed by atoms with Crippen LogP contribution in [0.25, 0.3) is 0 Å². The molecular formula is C19H29N3O2. The number of anilines is 1. The van der Waals surface area contributed by atoms with E-state index < -0.39 is 0 Å². The Bertz CT molecular complexity index is 580. The van der Waals surface area contributed by atoms with Gasteiger partial charge in [0.15, 0.2) is 0 Å². The number of benzene rings is 1. The zero-order valence-corrected chi connectivity index (χ0v) is 14.9. The lowest BCUT2D eigenvalue weighted by molar-refractivity contribution is -0.119. The van der Waals surface area contributed by atoms with Crippen molar-refractivity contribution < 1.29 is 9.59 Å². The van der Waals surface area contributed by atoms with Crippen molar-refractivity contribution in [1.29, 1.82) is 0 Å². The maximum absolute atomic E-state index is 12.9. The number of amides is 2. The molecule has 1 aromatic rings. The third kappa shape index (κ3) is 4.35. The monoisotopic (exact) mass is 331 g/mol. The van der Waals surface area contributed by atoms with E-state index in [2.05, 4.69) is 5.32 Å². The maximum atomic E-state index is 12.9. The second kappa shape index (κ2) is 8.29. The maximum Gasteiger partial charge on any atom is 0.255 e. The number of rotatable bonds is 5. The van der Waals surface area contributed by atoms with Crippen LogP contribution in [0.5, 0.6) is 0 Å². The summed E-state index contributed by atoms with van der Waals surface area (Å²) in [5, 5.41) is 2.86. The van der Waals surface area contributed by atoms with Crippen molar-refractivity contribution >= 4 is 17.5 Å². The summed E-state index contributed by atoms with van der Waals surface area (Å²) in [5.41, 5.74) is 6.89. The van der Waals surface area contributed by atoms with E-state index in [4.69, 9.17) is 5.73 Å². The summed E-state index contributed by atoms with van der Waals surface area (Å²) in [6.07, 6.45) is 5.70. The van der Waals surface area contributed by atoms with Gasteiger partial charge in [-0.3, -0.25) is 9.59 Å². The summed E-state index contributed by atoms with van der Waals surface area (Å²) in [6.45, 7) is 3.59. The molecule has 2 rings (SSSR count). The molecule has 5 heteroatoms. The van der Waals surface area contributed by atoms with Gasteiger partial charge in [-0.05, 0) is 31.9 Å². The molecule has 0 spiro atoms. The summed E-state index contributed by atoms with van der Waals surface area (Å²) in [7, 11) is 1.86. The summed E-state index contributed by atoms with van der Waals surface area (Å²) in [6, 6.07) is 7.24. The van der Waals surface area contributed by atoms with Crippen molar-refractivity contribution in [1.82, 2.24) is 4.90 Å². The van der Waals surface area contributed by atoms with E-state index >= 15 is 0 Å². The van der Waals surface area contributed by atoms with Crippen molar-refractivity contribution in [2.75, 3.05) is 12.4 Å². The lowest BCUT2D eigenvalue weighted by Gasteiger charge is -2.31. The molecule has 0 aromatic heterocycles. The summed E-state index contributed by atoms with van der Waals surface area (Å²) < 4.78 is 0. The zero-order valence-electron chi connectivity index (χ0n) is 14.9. The van der Waals surface area contributed by atoms with Gasteiger partial charge < -0.3 is 16.0 Å². The molecule has 2 unspecified atom stereocenters. The Hall–Kier alpha value is -1.88. The number of hydrogen-bond acceptors (Lipinski definition) is 3. The van der Waals surface area contributed by atoms with Gasteiger partial charge in [0, 0.05) is 19.1 Å². The number of carbonyl (C=O) groups is 2. The van der Waals surface area contributed by atoms with Crippen LogP contribution in [-0.4, -0.2) is 35.8 Å². The molecule has 3 N–H and O–H groups in total. The fourth-order valence-corrected chi connectivity index (χ4v) is 3.09. The molecule has 132 valence electrons. The number of nitrogens with two attached hydrogens (primary N) is 1. The molecule has 24 heavy (non-hydrogen) atoms. The lowest BCUT2D eigenvalue weighted by atomic mass is 9.94. The van der Waals surface area contributed by atoms with Gasteiger partial charge >= 0.3 is 0 Å². The molecule has 1 aromatic carbocycles. The first kappa shape index (κ1) is 18.5. The van der Waals surface area contributed by atoms with Gasteiger partial charge in [-0.25, -0.2) is 0 Å². The highest BCUT2D eigenvalue weighted by molar-refractivity contribution is 6.04. The van der Waals surface area contributed by atoms with Gasteiger partial charge in [0.25, 0.3) is 5.91 Å². The molecule has 1 saturated carbocycles. The number of para-hydroxylation sites is 1. The molecule has 2 atom stereocenters. The average Bonchev–Trinajstić information content (AvgIpc) is 2.60. The van der Waals surface area contributed by atoms with Crippen LogP contribution in [-0.2, 0) is 4.79 Å². The molecule has 0 saturated heterocycles. The van der Waals surface area contributed by atoms with Crippen molar-refractivity contribution in [3.05, 3.63) is 29.8 Å². The first-order valence-electron chi connectivity index (χ1n) is 8.84. The van der Waals surface area contributed by atoms with Crippen molar-refractivity contribution in [3.8, 4) is 0 Å². The smallest absolute Gasteiger partial charge is 0.255 e. The fraction of sp³-hybridized carbons (Fsp3) is 0.579. The first-order chi connectivity index (χ1) is 11.4. The largest absolute Gasteiger partial charge is 0.339 e. The standard InChI is InChI=1S/C19H29N3O2/c1-13(14(2)20)18(23)21-17-12-8-7-11-16(17)19(24)22(3)15-9-5-4-6-10-15/h7-8,11-15H,4-6,9-10,20H2,1-3H3,(H,21,23). The van der Waals surface area contributed by atoms with E-state index in [-0.39, 0.29) is 29.8 Å². The normalized spacial score (nSPS) is 17.8. The van der Waals surface area contributed by atoms with Crippen molar-refractivity contribution in [3.63, 3.8) is 0 Å². The predicted octanol–water partition coefficient (Wildman–Crippen LogP) is 3.01. The molecular weight excluding hydrogens is 302 g/mol. The van der Waals surface area contributed by atoms with E-state index in [1.165, 1.54) is 19.3 Å². The molecule has 1 aliphatic rings. The summed E-state index contributed by atoms with van der Waals surface area (Å²) in [4.78, 5) is 27.0. The molecule has 0 aliphatic heterocycles. The Balaban J connectivity index is 2.15. The van der Waals surface area contributed by atoms with Crippen LogP contribution in [0.2, 0.25) is 0 Å². The third-order valence-electron chi connectivity index (χ3n) is 5.06. The topological polar surface area (TPSA) is 75.4 Å². The van der Waals surface area contributed by atoms with E-state index in [1.54, 1.807) is 26.0 Å². The minimum absolute atomic E-state index is 0.0359. The lowest BCUT2D eigenvalue weighted by Crippen LogP contribution is -2.39. The minimum atomic E-state index is -0.316. The average molecular weight is 331 g/mol. The number of nitrogens with zero attached hydrogens (tertiary/aromatic N) is 1. The van der Waals surface area contributed by atoms with Crippen LogP contribution in [0, 0.1) is 5.92 Å². The first-order valence-corrected chi connectivity index (χ1v) is 8.84. The van der Waals surface area contributed by atoms with Crippen LogP contribution >= 0.6 is 0 Å². The highest BCUT2D eigenvalue weighted by Gasteiger charge is 2.25. The highest BCUT2D eigenvalue weighted by atomic mass is 16.2. The molecule has 2 amide bonds. The molecule has 1 aliphatic carbocycles. The van der Waals surface area contributed by atoms with Crippen molar-refractivity contribution in [2.45, 2.75) is 58.0 Å². The van der Waals surface area contributed by atoms with Crippen LogP contribution in [0.15, 0.2) is 24.3 Å². The molecule has 0 bridgehead atoms. The van der Waals surface area contributed by atoms with E-state index in [9.17, 15) is 9.59 Å². The highest BCUT2D eigenvalue weighted by Crippen LogP contribution is 2.25. The van der Waals surface area contributed by atoms with E-state index in [1.807, 2.05) is 24.1 Å². The molecule has 5 nitrogen and oxygen atoms in total. The van der Waals surface area contributed by atoms with Gasteiger partial charge in [0.05, 0.1) is 17.2 Å². The summed E-state index contributed by atoms with van der Waals surface area (Å²) in [5.74, 6) is -0.513. The predicted molar refractivity (Wildman–Crippen MR) is 96.9 cm³/mol. The Morgan fingerprint density at radius 1 is 1.17 bits per heavy atom. The Labute approximate surface area is 144 Å². The van der Waals surface area contributed by atoms with Gasteiger partial charge in [-0.15, -0.1) is 0 Å². The Kier molecular flexibility index (Phi) is 6.37. The van der Waals surface area contributed by atoms with Gasteiger partial charge in [-0.2, -0.15) is 0 Å². The molecule has 0 heterocycles. The van der Waals surface area contributed by atoms with Crippen LogP contribution in [0.4, 0.5) is 5.69 Å². The number of carbonyl (C=O) groups excluding carboxylic acids is 2. The van der Waals surface area contributed by atoms with Gasteiger partial charge in [0.2, 0.25) is 5.91 Å². The third-order valence-corrected chi connectivity index (χ3v) is 5.06. The van der Waals surface area contributed by atoms with E-state index in [0.717, 1.165) is 12.8 Å². The van der Waals surface area contributed by atoms with Crippen LogP contribution < -0.4 is 11.1 Å². The molecule has 1 fully saturated rings. The second-order valence-electron chi connectivity index (χ2n) is 6.89. The SMILES string of the molecule is CC(N)C(C)C(=O)Nc1ccccc1C(=O)N(C)C1CCCCC1. The molecule has 0 radical (unpaired) electrons. The fourth-order valence-electron chi connectivity index (χ4n) is 3.09. The van der Waals surface area contributed by atoms with Gasteiger partial charge in [-0.1, -0.05) is 38.3 Å². The second-order valence-corrected chi connectivity index (χ2v) is 6.89. The zero-order chi connectivity index (χ0) is 17.7. The quantitative estimate of drug-likeness (QED) is 0.871. The van der Waals surface area contributed by atoms with Crippen molar-refractivity contribution in [2.24, 2.45) is 11.7 Å². The van der Waals surface area contributed by atoms with Crippen LogP contribution in [0.1, 0.15) is 56.3 Å². The van der Waals surface area contributed by atoms with Gasteiger partial charge in [0.1, 0.15) is 0 Å². The number of nitrogens with one attached hydrogen (secondary N) is 1. The number of hydrogen-bond donors (Lipinski definition) is 2.